The highest BCUT2D eigenvalue weighted by molar-refractivity contribution is 5.80. The van der Waals surface area contributed by atoms with E-state index in [-0.39, 0.29) is 5.97 Å². The third-order valence-corrected chi connectivity index (χ3v) is 2.64. The molecule has 0 bridgehead atoms. The van der Waals surface area contributed by atoms with Crippen LogP contribution in [-0.4, -0.2) is 49.2 Å². The van der Waals surface area contributed by atoms with Crippen LogP contribution in [0.5, 0.6) is 0 Å². The molecule has 1 aliphatic rings. The number of ether oxygens (including phenoxy) is 1. The van der Waals surface area contributed by atoms with Crippen molar-refractivity contribution in [1.82, 2.24) is 10.2 Å². The minimum Gasteiger partial charge on any atom is -0.458 e. The number of carbonyl (C=O) groups excluding carboxylic acids is 1. The molecular formula is C14H24N2O2. The van der Waals surface area contributed by atoms with Crippen LogP contribution in [0.25, 0.3) is 0 Å². The first-order chi connectivity index (χ1) is 8.44. The summed E-state index contributed by atoms with van der Waals surface area (Å²) < 4.78 is 5.44. The van der Waals surface area contributed by atoms with Crippen molar-refractivity contribution in [2.24, 2.45) is 0 Å². The standard InChI is InChI=1S/C14H24N2O2/c1-14(2,3)18-13(17)12(8-7-9-15-4)16-10-5-6-11-16/h12,15H,5-6,9-11H2,1-4H3. The van der Waals surface area contributed by atoms with Crippen LogP contribution in [0.2, 0.25) is 0 Å². The van der Waals surface area contributed by atoms with Crippen LogP contribution in [0.3, 0.4) is 0 Å². The van der Waals surface area contributed by atoms with Gasteiger partial charge in [0.1, 0.15) is 5.60 Å². The topological polar surface area (TPSA) is 41.6 Å². The monoisotopic (exact) mass is 252 g/mol. The Morgan fingerprint density at radius 2 is 2.00 bits per heavy atom. The van der Waals surface area contributed by atoms with Crippen LogP contribution >= 0.6 is 0 Å². The number of rotatable bonds is 3. The number of nitrogens with zero attached hydrogens (tertiary/aromatic N) is 1. The average molecular weight is 252 g/mol. The van der Waals surface area contributed by atoms with Gasteiger partial charge in [0.05, 0.1) is 6.54 Å². The number of hydrogen-bond acceptors (Lipinski definition) is 4. The Bertz CT molecular complexity index is 330. The summed E-state index contributed by atoms with van der Waals surface area (Å²) in [5.41, 5.74) is -0.459. The Hall–Kier alpha value is -1.05. The lowest BCUT2D eigenvalue weighted by Gasteiger charge is -2.26. The zero-order valence-corrected chi connectivity index (χ0v) is 11.9. The maximum atomic E-state index is 12.2. The largest absolute Gasteiger partial charge is 0.458 e. The lowest BCUT2D eigenvalue weighted by Crippen LogP contribution is -2.42. The van der Waals surface area contributed by atoms with Crippen molar-refractivity contribution in [3.63, 3.8) is 0 Å². The molecule has 1 saturated heterocycles. The Kier molecular flexibility index (Phi) is 5.64. The number of hydrogen-bond donors (Lipinski definition) is 1. The summed E-state index contributed by atoms with van der Waals surface area (Å²) in [7, 11) is 1.84. The van der Waals surface area contributed by atoms with Crippen LogP contribution in [0, 0.1) is 11.8 Å². The van der Waals surface area contributed by atoms with Crippen LogP contribution in [0.1, 0.15) is 33.6 Å². The van der Waals surface area contributed by atoms with Gasteiger partial charge in [-0.15, -0.1) is 0 Å². The van der Waals surface area contributed by atoms with Crippen molar-refractivity contribution in [1.29, 1.82) is 0 Å². The first-order valence-electron chi connectivity index (χ1n) is 6.54. The molecule has 0 aromatic rings. The summed E-state index contributed by atoms with van der Waals surface area (Å²) in [6.07, 6.45) is 2.26. The number of esters is 1. The lowest BCUT2D eigenvalue weighted by molar-refractivity contribution is -0.158. The van der Waals surface area contributed by atoms with E-state index in [1.807, 2.05) is 27.8 Å². The van der Waals surface area contributed by atoms with Gasteiger partial charge < -0.3 is 10.1 Å². The molecule has 1 aliphatic heterocycles. The Morgan fingerprint density at radius 1 is 1.39 bits per heavy atom. The summed E-state index contributed by atoms with van der Waals surface area (Å²) in [6, 6.07) is -0.417. The maximum absolute atomic E-state index is 12.2. The molecule has 1 heterocycles. The van der Waals surface area contributed by atoms with Crippen molar-refractivity contribution in [3.05, 3.63) is 0 Å². The van der Waals surface area contributed by atoms with Gasteiger partial charge in [-0.25, -0.2) is 4.79 Å². The lowest BCUT2D eigenvalue weighted by atomic mass is 10.2. The first-order valence-corrected chi connectivity index (χ1v) is 6.54. The van der Waals surface area contributed by atoms with E-state index in [1.165, 1.54) is 0 Å². The molecule has 0 aromatic heterocycles. The van der Waals surface area contributed by atoms with Gasteiger partial charge >= 0.3 is 5.97 Å². The normalized spacial score (nSPS) is 18.0. The Morgan fingerprint density at radius 3 is 2.50 bits per heavy atom. The second-order valence-corrected chi connectivity index (χ2v) is 5.53. The minimum absolute atomic E-state index is 0.229. The van der Waals surface area contributed by atoms with Crippen molar-refractivity contribution in [3.8, 4) is 11.8 Å². The fourth-order valence-corrected chi connectivity index (χ4v) is 1.89. The summed E-state index contributed by atoms with van der Waals surface area (Å²) in [5.74, 6) is 5.77. The van der Waals surface area contributed by atoms with Crippen molar-refractivity contribution < 1.29 is 9.53 Å². The molecule has 4 heteroatoms. The maximum Gasteiger partial charge on any atom is 0.336 e. The van der Waals surface area contributed by atoms with E-state index >= 15 is 0 Å². The molecule has 0 spiro atoms. The molecule has 1 N–H and O–H groups in total. The van der Waals surface area contributed by atoms with E-state index < -0.39 is 11.6 Å². The van der Waals surface area contributed by atoms with E-state index in [9.17, 15) is 4.79 Å². The van der Waals surface area contributed by atoms with Gasteiger partial charge in [0.2, 0.25) is 0 Å². The molecule has 1 rings (SSSR count). The Labute approximate surface area is 110 Å². The smallest absolute Gasteiger partial charge is 0.336 e. The summed E-state index contributed by atoms with van der Waals surface area (Å²) in [4.78, 5) is 14.3. The van der Waals surface area contributed by atoms with E-state index in [2.05, 4.69) is 22.1 Å². The van der Waals surface area contributed by atoms with Crippen LogP contribution < -0.4 is 5.32 Å². The first kappa shape index (κ1) is 15.0. The van der Waals surface area contributed by atoms with Crippen LogP contribution in [0.15, 0.2) is 0 Å². The zero-order chi connectivity index (χ0) is 13.6. The second-order valence-electron chi connectivity index (χ2n) is 5.53. The predicted molar refractivity (Wildman–Crippen MR) is 72.1 cm³/mol. The van der Waals surface area contributed by atoms with Gasteiger partial charge in [0.25, 0.3) is 0 Å². The van der Waals surface area contributed by atoms with Gasteiger partial charge in [-0.3, -0.25) is 4.90 Å². The number of likely N-dealkylation sites (tertiary alicyclic amines) is 1. The summed E-state index contributed by atoms with van der Waals surface area (Å²) in [6.45, 7) is 8.09. The fraction of sp³-hybridized carbons (Fsp3) is 0.786. The van der Waals surface area contributed by atoms with Gasteiger partial charge in [0.15, 0.2) is 6.04 Å². The highest BCUT2D eigenvalue weighted by Gasteiger charge is 2.30. The quantitative estimate of drug-likeness (QED) is 0.601. The molecule has 0 radical (unpaired) electrons. The fourth-order valence-electron chi connectivity index (χ4n) is 1.89. The Balaban J connectivity index is 2.70. The van der Waals surface area contributed by atoms with Gasteiger partial charge in [0, 0.05) is 0 Å². The molecule has 1 atom stereocenters. The SMILES string of the molecule is CNCC#CC(C(=O)OC(C)(C)C)N1CCCC1. The molecule has 0 aliphatic carbocycles. The van der Waals surface area contributed by atoms with Crippen molar-refractivity contribution in [2.45, 2.75) is 45.3 Å². The van der Waals surface area contributed by atoms with Crippen LogP contribution in [-0.2, 0) is 9.53 Å². The third-order valence-electron chi connectivity index (χ3n) is 2.64. The van der Waals surface area contributed by atoms with Gasteiger partial charge in [-0.2, -0.15) is 0 Å². The molecule has 1 unspecified atom stereocenters. The molecular weight excluding hydrogens is 228 g/mol. The minimum atomic E-state index is -0.459. The average Bonchev–Trinajstić information content (AvgIpc) is 2.74. The molecule has 1 fully saturated rings. The van der Waals surface area contributed by atoms with E-state index in [0.29, 0.717) is 6.54 Å². The van der Waals surface area contributed by atoms with Crippen molar-refractivity contribution >= 4 is 5.97 Å². The third kappa shape index (κ3) is 5.07. The zero-order valence-electron chi connectivity index (χ0n) is 11.9. The summed E-state index contributed by atoms with van der Waals surface area (Å²) in [5, 5.41) is 2.96. The molecule has 18 heavy (non-hydrogen) atoms. The molecule has 0 amide bonds. The number of nitrogens with one attached hydrogen (secondary N) is 1. The highest BCUT2D eigenvalue weighted by Crippen LogP contribution is 2.15. The van der Waals surface area contributed by atoms with Gasteiger partial charge in [-0.1, -0.05) is 11.8 Å². The molecule has 0 aromatic carbocycles. The van der Waals surface area contributed by atoms with E-state index in [1.54, 1.807) is 0 Å². The molecule has 4 nitrogen and oxygen atoms in total. The second kappa shape index (κ2) is 6.77. The molecule has 0 saturated carbocycles. The molecule has 102 valence electrons. The van der Waals surface area contributed by atoms with E-state index in [0.717, 1.165) is 25.9 Å². The van der Waals surface area contributed by atoms with E-state index in [4.69, 9.17) is 4.74 Å². The van der Waals surface area contributed by atoms with Crippen molar-refractivity contribution in [2.75, 3.05) is 26.7 Å². The van der Waals surface area contributed by atoms with Gasteiger partial charge in [-0.05, 0) is 53.8 Å². The highest BCUT2D eigenvalue weighted by atomic mass is 16.6. The number of carbonyl (C=O) groups is 1. The summed E-state index contributed by atoms with van der Waals surface area (Å²) >= 11 is 0. The van der Waals surface area contributed by atoms with Crippen LogP contribution in [0.4, 0.5) is 0 Å². The predicted octanol–water partition coefficient (Wildman–Crippen LogP) is 1.02.